The van der Waals surface area contributed by atoms with Crippen molar-refractivity contribution in [3.63, 3.8) is 0 Å². The fourth-order valence-corrected chi connectivity index (χ4v) is 2.89. The highest BCUT2D eigenvalue weighted by atomic mass is 35.5. The minimum atomic E-state index is -0.112. The average Bonchev–Trinajstić information content (AvgIpc) is 2.99. The Labute approximate surface area is 163 Å². The Morgan fingerprint density at radius 1 is 1.15 bits per heavy atom. The highest BCUT2D eigenvalue weighted by Gasteiger charge is 2.18. The summed E-state index contributed by atoms with van der Waals surface area (Å²) in [4.78, 5) is 14.6. The Hall–Kier alpha value is -2.79. The molecule has 0 saturated carbocycles. The van der Waals surface area contributed by atoms with Crippen molar-refractivity contribution in [3.05, 3.63) is 81.7 Å². The van der Waals surface area contributed by atoms with Crippen LogP contribution in [0.15, 0.2) is 53.1 Å². The number of ether oxygens (including phenoxy) is 1. The topological polar surface area (TPSA) is 55.6 Å². The molecular formula is C21H21ClN2O3. The minimum Gasteiger partial charge on any atom is -0.488 e. The van der Waals surface area contributed by atoms with Crippen LogP contribution in [0.25, 0.3) is 0 Å². The Morgan fingerprint density at radius 3 is 2.52 bits per heavy atom. The van der Waals surface area contributed by atoms with Crippen LogP contribution in [0.2, 0.25) is 5.02 Å². The molecule has 27 heavy (non-hydrogen) atoms. The first kappa shape index (κ1) is 19.0. The molecule has 0 N–H and O–H groups in total. The van der Waals surface area contributed by atoms with Crippen molar-refractivity contribution in [2.45, 2.75) is 27.0 Å². The maximum absolute atomic E-state index is 12.9. The minimum absolute atomic E-state index is 0.112. The molecule has 1 aromatic heterocycles. The lowest BCUT2D eigenvalue weighted by atomic mass is 10.1. The number of rotatable bonds is 6. The second kappa shape index (κ2) is 8.27. The van der Waals surface area contributed by atoms with E-state index in [4.69, 9.17) is 20.9 Å². The standard InChI is InChI=1S/C21H21ClN2O3/c1-14-19(15(2)27-23-14)13-26-20-7-5-4-6-18(20)21(25)24(3)12-16-8-10-17(22)11-9-16/h4-11H,12-13H2,1-3H3. The number of hydrogen-bond acceptors (Lipinski definition) is 4. The van der Waals surface area contributed by atoms with Crippen LogP contribution in [0.4, 0.5) is 0 Å². The van der Waals surface area contributed by atoms with Gasteiger partial charge in [0.2, 0.25) is 0 Å². The van der Waals surface area contributed by atoms with Crippen molar-refractivity contribution in [1.82, 2.24) is 10.1 Å². The summed E-state index contributed by atoms with van der Waals surface area (Å²) in [6.07, 6.45) is 0. The molecule has 140 valence electrons. The zero-order chi connectivity index (χ0) is 19.4. The van der Waals surface area contributed by atoms with E-state index in [1.54, 1.807) is 24.1 Å². The molecule has 6 heteroatoms. The van der Waals surface area contributed by atoms with Gasteiger partial charge in [0, 0.05) is 18.6 Å². The van der Waals surface area contributed by atoms with Crippen LogP contribution in [0.1, 0.15) is 32.9 Å². The lowest BCUT2D eigenvalue weighted by Crippen LogP contribution is -2.26. The van der Waals surface area contributed by atoms with Crippen LogP contribution in [-0.4, -0.2) is 23.0 Å². The third-order valence-electron chi connectivity index (χ3n) is 4.35. The maximum atomic E-state index is 12.9. The van der Waals surface area contributed by atoms with Gasteiger partial charge in [-0.2, -0.15) is 0 Å². The second-order valence-corrected chi connectivity index (χ2v) is 6.81. The molecule has 5 nitrogen and oxygen atoms in total. The third-order valence-corrected chi connectivity index (χ3v) is 4.60. The summed E-state index contributed by atoms with van der Waals surface area (Å²) in [6, 6.07) is 14.7. The maximum Gasteiger partial charge on any atom is 0.257 e. The van der Waals surface area contributed by atoms with E-state index in [0.29, 0.717) is 29.5 Å². The summed E-state index contributed by atoms with van der Waals surface area (Å²) in [5, 5.41) is 4.60. The van der Waals surface area contributed by atoms with Crippen molar-refractivity contribution in [2.24, 2.45) is 0 Å². The molecular weight excluding hydrogens is 364 g/mol. The molecule has 1 heterocycles. The lowest BCUT2D eigenvalue weighted by Gasteiger charge is -2.19. The predicted molar refractivity (Wildman–Crippen MR) is 104 cm³/mol. The van der Waals surface area contributed by atoms with Gasteiger partial charge in [0.25, 0.3) is 5.91 Å². The van der Waals surface area contributed by atoms with E-state index in [1.165, 1.54) is 0 Å². The van der Waals surface area contributed by atoms with Gasteiger partial charge < -0.3 is 14.2 Å². The number of aryl methyl sites for hydroxylation is 2. The summed E-state index contributed by atoms with van der Waals surface area (Å²) >= 11 is 5.92. The molecule has 0 fully saturated rings. The predicted octanol–water partition coefficient (Wildman–Crippen LogP) is 4.80. The molecule has 0 radical (unpaired) electrons. The average molecular weight is 385 g/mol. The number of benzene rings is 2. The van der Waals surface area contributed by atoms with Crippen molar-refractivity contribution in [1.29, 1.82) is 0 Å². The zero-order valence-corrected chi connectivity index (χ0v) is 16.3. The highest BCUT2D eigenvalue weighted by Crippen LogP contribution is 2.23. The molecule has 3 rings (SSSR count). The summed E-state index contributed by atoms with van der Waals surface area (Å²) in [5.41, 5.74) is 3.20. The molecule has 1 amide bonds. The SMILES string of the molecule is Cc1noc(C)c1COc1ccccc1C(=O)N(C)Cc1ccc(Cl)cc1. The van der Waals surface area contributed by atoms with Gasteiger partial charge in [0.15, 0.2) is 0 Å². The van der Waals surface area contributed by atoms with Gasteiger partial charge in [0.05, 0.1) is 16.8 Å². The second-order valence-electron chi connectivity index (χ2n) is 6.38. The van der Waals surface area contributed by atoms with Crippen LogP contribution in [0, 0.1) is 13.8 Å². The summed E-state index contributed by atoms with van der Waals surface area (Å²) in [7, 11) is 1.77. The molecule has 0 aliphatic heterocycles. The van der Waals surface area contributed by atoms with Crippen LogP contribution in [-0.2, 0) is 13.2 Å². The normalized spacial score (nSPS) is 10.7. The molecule has 0 aliphatic rings. The largest absolute Gasteiger partial charge is 0.488 e. The molecule has 0 unspecified atom stereocenters. The van der Waals surface area contributed by atoms with Gasteiger partial charge >= 0.3 is 0 Å². The Kier molecular flexibility index (Phi) is 5.81. The fraction of sp³-hybridized carbons (Fsp3) is 0.238. The van der Waals surface area contributed by atoms with E-state index >= 15 is 0 Å². The smallest absolute Gasteiger partial charge is 0.257 e. The van der Waals surface area contributed by atoms with Crippen LogP contribution < -0.4 is 4.74 Å². The van der Waals surface area contributed by atoms with Gasteiger partial charge in [0.1, 0.15) is 18.1 Å². The summed E-state index contributed by atoms with van der Waals surface area (Å²) in [5.74, 6) is 1.14. The molecule has 0 spiro atoms. The Bertz CT molecular complexity index is 915. The summed E-state index contributed by atoms with van der Waals surface area (Å²) < 4.78 is 11.1. The van der Waals surface area contributed by atoms with Gasteiger partial charge in [-0.05, 0) is 43.7 Å². The van der Waals surface area contributed by atoms with Gasteiger partial charge in [-0.15, -0.1) is 0 Å². The molecule has 0 saturated heterocycles. The van der Waals surface area contributed by atoms with Crippen molar-refractivity contribution >= 4 is 17.5 Å². The first-order chi connectivity index (χ1) is 13.0. The van der Waals surface area contributed by atoms with Gasteiger partial charge in [-0.3, -0.25) is 4.79 Å². The number of amides is 1. The number of halogens is 1. The van der Waals surface area contributed by atoms with E-state index < -0.39 is 0 Å². The van der Waals surface area contributed by atoms with E-state index in [2.05, 4.69) is 5.16 Å². The molecule has 3 aromatic rings. The number of nitrogens with zero attached hydrogens (tertiary/aromatic N) is 2. The number of para-hydroxylation sites is 1. The molecule has 0 bridgehead atoms. The summed E-state index contributed by atoms with van der Waals surface area (Å²) in [6.45, 7) is 4.49. The molecule has 2 aromatic carbocycles. The first-order valence-corrected chi connectivity index (χ1v) is 8.97. The Balaban J connectivity index is 1.74. The monoisotopic (exact) mass is 384 g/mol. The van der Waals surface area contributed by atoms with E-state index in [1.807, 2.05) is 50.2 Å². The number of carbonyl (C=O) groups excluding carboxylic acids is 1. The van der Waals surface area contributed by atoms with Crippen molar-refractivity contribution in [2.75, 3.05) is 7.05 Å². The van der Waals surface area contributed by atoms with Gasteiger partial charge in [-0.1, -0.05) is 41.0 Å². The number of aromatic nitrogens is 1. The van der Waals surface area contributed by atoms with Gasteiger partial charge in [-0.25, -0.2) is 0 Å². The lowest BCUT2D eigenvalue weighted by molar-refractivity contribution is 0.0780. The van der Waals surface area contributed by atoms with E-state index in [0.717, 1.165) is 22.6 Å². The van der Waals surface area contributed by atoms with Crippen LogP contribution >= 0.6 is 11.6 Å². The quantitative estimate of drug-likeness (QED) is 0.612. The fourth-order valence-electron chi connectivity index (χ4n) is 2.77. The van der Waals surface area contributed by atoms with Crippen LogP contribution in [0.3, 0.4) is 0 Å². The Morgan fingerprint density at radius 2 is 1.85 bits per heavy atom. The molecule has 0 aliphatic carbocycles. The number of hydrogen-bond donors (Lipinski definition) is 0. The molecule has 0 atom stereocenters. The number of carbonyl (C=O) groups is 1. The third kappa shape index (κ3) is 4.49. The van der Waals surface area contributed by atoms with Crippen LogP contribution in [0.5, 0.6) is 5.75 Å². The van der Waals surface area contributed by atoms with Crippen molar-refractivity contribution < 1.29 is 14.1 Å². The van der Waals surface area contributed by atoms with E-state index in [9.17, 15) is 4.79 Å². The van der Waals surface area contributed by atoms with E-state index in [-0.39, 0.29) is 5.91 Å². The highest BCUT2D eigenvalue weighted by molar-refractivity contribution is 6.30. The zero-order valence-electron chi connectivity index (χ0n) is 15.5. The first-order valence-electron chi connectivity index (χ1n) is 8.59. The van der Waals surface area contributed by atoms with Crippen molar-refractivity contribution in [3.8, 4) is 5.75 Å².